The van der Waals surface area contributed by atoms with Gasteiger partial charge >= 0.3 is 0 Å². The lowest BCUT2D eigenvalue weighted by Gasteiger charge is -2.10. The second-order valence-corrected chi connectivity index (χ2v) is 4.21. The largest absolute Gasteiger partial charge is 0.491 e. The van der Waals surface area contributed by atoms with Gasteiger partial charge in [0.15, 0.2) is 6.10 Å². The summed E-state index contributed by atoms with van der Waals surface area (Å²) in [6.45, 7) is 5.63. The van der Waals surface area contributed by atoms with E-state index in [4.69, 9.17) is 9.47 Å². The van der Waals surface area contributed by atoms with E-state index in [1.807, 2.05) is 38.1 Å². The van der Waals surface area contributed by atoms with Gasteiger partial charge in [0.25, 0.3) is 5.91 Å². The third kappa shape index (κ3) is 2.64. The predicted molar refractivity (Wildman–Crippen MR) is 64.3 cm³/mol. The lowest BCUT2D eigenvalue weighted by molar-refractivity contribution is -0.121. The van der Waals surface area contributed by atoms with Crippen molar-refractivity contribution in [2.75, 3.05) is 0 Å². The molecule has 1 aliphatic heterocycles. The van der Waals surface area contributed by atoms with Crippen molar-refractivity contribution < 1.29 is 14.3 Å². The summed E-state index contributed by atoms with van der Waals surface area (Å²) in [5.41, 5.74) is 0.791. The Balaban J connectivity index is 2.14. The Morgan fingerprint density at radius 2 is 1.94 bits per heavy atom. The quantitative estimate of drug-likeness (QED) is 0.803. The van der Waals surface area contributed by atoms with Crippen molar-refractivity contribution in [3.8, 4) is 5.75 Å². The van der Waals surface area contributed by atoms with E-state index in [2.05, 4.69) is 4.99 Å². The van der Waals surface area contributed by atoms with Crippen LogP contribution in [-0.2, 0) is 9.53 Å². The zero-order valence-corrected chi connectivity index (χ0v) is 10.1. The number of ether oxygens (including phenoxy) is 2. The van der Waals surface area contributed by atoms with Gasteiger partial charge in [0.05, 0.1) is 6.10 Å². The first-order chi connectivity index (χ1) is 8.06. The van der Waals surface area contributed by atoms with Crippen LogP contribution in [0.5, 0.6) is 5.75 Å². The van der Waals surface area contributed by atoms with Crippen molar-refractivity contribution in [3.05, 3.63) is 29.8 Å². The van der Waals surface area contributed by atoms with E-state index in [9.17, 15) is 4.79 Å². The summed E-state index contributed by atoms with van der Waals surface area (Å²) in [6, 6.07) is 7.35. The summed E-state index contributed by atoms with van der Waals surface area (Å²) in [4.78, 5) is 15.1. The van der Waals surface area contributed by atoms with Gasteiger partial charge < -0.3 is 9.47 Å². The first kappa shape index (κ1) is 11.6. The van der Waals surface area contributed by atoms with Crippen molar-refractivity contribution in [1.82, 2.24) is 0 Å². The fourth-order valence-corrected chi connectivity index (χ4v) is 1.52. The van der Waals surface area contributed by atoms with Crippen LogP contribution >= 0.6 is 0 Å². The number of amides is 1. The van der Waals surface area contributed by atoms with E-state index >= 15 is 0 Å². The van der Waals surface area contributed by atoms with E-state index in [1.165, 1.54) is 0 Å². The fraction of sp³-hybridized carbons (Fsp3) is 0.385. The normalized spacial score (nSPS) is 19.2. The maximum atomic E-state index is 11.2. The summed E-state index contributed by atoms with van der Waals surface area (Å²) in [5, 5.41) is 0. The molecule has 1 atom stereocenters. The first-order valence-corrected chi connectivity index (χ1v) is 5.62. The second kappa shape index (κ2) is 4.57. The van der Waals surface area contributed by atoms with E-state index in [0.717, 1.165) is 11.3 Å². The maximum absolute atomic E-state index is 11.2. The highest BCUT2D eigenvalue weighted by Crippen LogP contribution is 2.18. The van der Waals surface area contributed by atoms with E-state index < -0.39 is 6.10 Å². The standard InChI is InChI=1S/C13H15NO3/c1-8(2)16-11-6-4-10(5-7-11)13-14-12(15)9(3)17-13/h4-9H,1-3H3. The Labute approximate surface area is 100 Å². The van der Waals surface area contributed by atoms with Crippen LogP contribution in [0.3, 0.4) is 0 Å². The zero-order chi connectivity index (χ0) is 12.4. The molecule has 4 heteroatoms. The van der Waals surface area contributed by atoms with Crippen LogP contribution in [0.2, 0.25) is 0 Å². The highest BCUT2D eigenvalue weighted by atomic mass is 16.5. The molecular formula is C13H15NO3. The van der Waals surface area contributed by atoms with Crippen LogP contribution in [0, 0.1) is 0 Å². The first-order valence-electron chi connectivity index (χ1n) is 5.62. The predicted octanol–water partition coefficient (Wildman–Crippen LogP) is 2.17. The van der Waals surface area contributed by atoms with Gasteiger partial charge in [-0.15, -0.1) is 0 Å². The monoisotopic (exact) mass is 233 g/mol. The van der Waals surface area contributed by atoms with Crippen molar-refractivity contribution >= 4 is 11.8 Å². The average Bonchev–Trinajstić information content (AvgIpc) is 2.59. The number of aliphatic imine (C=N–C) groups is 1. The Morgan fingerprint density at radius 1 is 1.29 bits per heavy atom. The lowest BCUT2D eigenvalue weighted by Crippen LogP contribution is -2.12. The SMILES string of the molecule is CC(C)Oc1ccc(C2=NC(=O)C(C)O2)cc1. The number of rotatable bonds is 3. The number of hydrogen-bond donors (Lipinski definition) is 0. The Kier molecular flexibility index (Phi) is 3.13. The summed E-state index contributed by atoms with van der Waals surface area (Å²) in [7, 11) is 0. The second-order valence-electron chi connectivity index (χ2n) is 4.21. The molecule has 90 valence electrons. The smallest absolute Gasteiger partial charge is 0.289 e. The number of benzene rings is 1. The molecule has 0 saturated carbocycles. The van der Waals surface area contributed by atoms with E-state index in [1.54, 1.807) is 6.92 Å². The zero-order valence-electron chi connectivity index (χ0n) is 10.1. The molecule has 2 rings (SSSR count). The molecule has 0 fully saturated rings. The van der Waals surface area contributed by atoms with Crippen molar-refractivity contribution in [2.45, 2.75) is 33.0 Å². The molecule has 4 nitrogen and oxygen atoms in total. The van der Waals surface area contributed by atoms with Gasteiger partial charge in [-0.05, 0) is 45.0 Å². The molecule has 1 aliphatic rings. The van der Waals surface area contributed by atoms with E-state index in [-0.39, 0.29) is 12.0 Å². The van der Waals surface area contributed by atoms with Gasteiger partial charge in [-0.1, -0.05) is 0 Å². The summed E-state index contributed by atoms with van der Waals surface area (Å²) in [6.07, 6.45) is -0.334. The summed E-state index contributed by atoms with van der Waals surface area (Å²) >= 11 is 0. The van der Waals surface area contributed by atoms with Crippen LogP contribution in [0.15, 0.2) is 29.3 Å². The Hall–Kier alpha value is -1.84. The van der Waals surface area contributed by atoms with Crippen LogP contribution in [-0.4, -0.2) is 24.0 Å². The van der Waals surface area contributed by atoms with Crippen LogP contribution in [0.25, 0.3) is 0 Å². The van der Waals surface area contributed by atoms with Gasteiger partial charge in [0.2, 0.25) is 5.90 Å². The minimum absolute atomic E-state index is 0.141. The minimum Gasteiger partial charge on any atom is -0.491 e. The topological polar surface area (TPSA) is 47.9 Å². The molecule has 0 radical (unpaired) electrons. The van der Waals surface area contributed by atoms with Gasteiger partial charge in [0, 0.05) is 5.56 Å². The minimum atomic E-state index is -0.475. The van der Waals surface area contributed by atoms with Gasteiger partial charge in [0.1, 0.15) is 5.75 Å². The third-order valence-electron chi connectivity index (χ3n) is 2.32. The fourth-order valence-electron chi connectivity index (χ4n) is 1.52. The summed E-state index contributed by atoms with van der Waals surface area (Å²) in [5.74, 6) is 0.947. The van der Waals surface area contributed by atoms with Crippen LogP contribution in [0.1, 0.15) is 26.3 Å². The molecule has 1 aromatic rings. The number of carbonyl (C=O) groups is 1. The molecule has 1 aromatic carbocycles. The number of nitrogens with zero attached hydrogens (tertiary/aromatic N) is 1. The average molecular weight is 233 g/mol. The molecular weight excluding hydrogens is 218 g/mol. The molecule has 1 amide bonds. The summed E-state index contributed by atoms with van der Waals surface area (Å²) < 4.78 is 10.9. The van der Waals surface area contributed by atoms with Gasteiger partial charge in [-0.2, -0.15) is 4.99 Å². The van der Waals surface area contributed by atoms with E-state index in [0.29, 0.717) is 5.90 Å². The molecule has 0 N–H and O–H groups in total. The third-order valence-corrected chi connectivity index (χ3v) is 2.32. The maximum Gasteiger partial charge on any atom is 0.289 e. The molecule has 1 heterocycles. The lowest BCUT2D eigenvalue weighted by atomic mass is 10.2. The van der Waals surface area contributed by atoms with Gasteiger partial charge in [-0.25, -0.2) is 0 Å². The molecule has 0 aliphatic carbocycles. The Morgan fingerprint density at radius 3 is 2.41 bits per heavy atom. The molecule has 1 unspecified atom stereocenters. The Bertz CT molecular complexity index is 448. The van der Waals surface area contributed by atoms with Crippen molar-refractivity contribution in [3.63, 3.8) is 0 Å². The van der Waals surface area contributed by atoms with Crippen LogP contribution < -0.4 is 4.74 Å². The number of hydrogen-bond acceptors (Lipinski definition) is 3. The highest BCUT2D eigenvalue weighted by molar-refractivity contribution is 6.07. The van der Waals surface area contributed by atoms with Crippen LogP contribution in [0.4, 0.5) is 0 Å². The van der Waals surface area contributed by atoms with Crippen molar-refractivity contribution in [1.29, 1.82) is 0 Å². The molecule has 0 saturated heterocycles. The number of carbonyl (C=O) groups excluding carboxylic acids is 1. The molecule has 0 aromatic heterocycles. The van der Waals surface area contributed by atoms with Gasteiger partial charge in [-0.3, -0.25) is 4.79 Å². The van der Waals surface area contributed by atoms with Crippen molar-refractivity contribution in [2.24, 2.45) is 4.99 Å². The molecule has 17 heavy (non-hydrogen) atoms. The highest BCUT2D eigenvalue weighted by Gasteiger charge is 2.25. The molecule has 0 spiro atoms. The molecule has 0 bridgehead atoms.